The predicted molar refractivity (Wildman–Crippen MR) is 69.8 cm³/mol. The zero-order valence-corrected chi connectivity index (χ0v) is 11.3. The normalized spacial score (nSPS) is 27.9. The summed E-state index contributed by atoms with van der Waals surface area (Å²) in [5, 5.41) is 3.75. The van der Waals surface area contributed by atoms with Crippen LogP contribution in [0.4, 0.5) is 0 Å². The zero-order chi connectivity index (χ0) is 11.5. The third-order valence-electron chi connectivity index (χ3n) is 3.68. The lowest BCUT2D eigenvalue weighted by Gasteiger charge is -2.29. The third kappa shape index (κ3) is 2.83. The molecule has 2 rings (SSSR count). The monoisotopic (exact) mass is 238 g/mol. The molecule has 0 bridgehead atoms. The van der Waals surface area contributed by atoms with Crippen molar-refractivity contribution in [3.8, 4) is 0 Å². The summed E-state index contributed by atoms with van der Waals surface area (Å²) in [6.45, 7) is 6.73. The minimum Gasteiger partial charge on any atom is -0.307 e. The Bertz CT molecular complexity index is 326. The minimum absolute atomic E-state index is 0.464. The molecule has 1 aromatic rings. The summed E-state index contributed by atoms with van der Waals surface area (Å²) in [4.78, 5) is 5.72. The number of rotatable bonds is 3. The summed E-state index contributed by atoms with van der Waals surface area (Å²) in [7, 11) is 0. The lowest BCUT2D eigenvalue weighted by Crippen LogP contribution is -2.34. The minimum atomic E-state index is 0.464. The smallest absolute Gasteiger partial charge is 0.0798 e. The number of aryl methyl sites for hydroxylation is 1. The highest BCUT2D eigenvalue weighted by Gasteiger charge is 2.21. The Kier molecular flexibility index (Phi) is 3.98. The first-order valence-corrected chi connectivity index (χ1v) is 7.21. The molecule has 1 unspecified atom stereocenters. The highest BCUT2D eigenvalue weighted by atomic mass is 32.1. The summed E-state index contributed by atoms with van der Waals surface area (Å²) in [5.41, 5.74) is 3.14. The third-order valence-corrected chi connectivity index (χ3v) is 4.79. The number of nitrogens with one attached hydrogen (secondary N) is 1. The van der Waals surface area contributed by atoms with E-state index in [0.717, 1.165) is 5.92 Å². The number of aromatic nitrogens is 1. The van der Waals surface area contributed by atoms with Gasteiger partial charge in [0.2, 0.25) is 0 Å². The van der Waals surface area contributed by atoms with E-state index in [-0.39, 0.29) is 0 Å². The molecule has 1 N–H and O–H groups in total. The zero-order valence-electron chi connectivity index (χ0n) is 10.5. The van der Waals surface area contributed by atoms with Crippen molar-refractivity contribution in [1.82, 2.24) is 10.3 Å². The molecule has 0 amide bonds. The molecule has 1 heterocycles. The molecular formula is C13H22N2S. The predicted octanol–water partition coefficient (Wildman–Crippen LogP) is 3.68. The maximum Gasteiger partial charge on any atom is 0.0798 e. The summed E-state index contributed by atoms with van der Waals surface area (Å²) in [6, 6.07) is 1.18. The Labute approximate surface area is 102 Å². The van der Waals surface area contributed by atoms with Crippen LogP contribution >= 0.6 is 11.3 Å². The molecule has 1 aliphatic rings. The van der Waals surface area contributed by atoms with Gasteiger partial charge in [-0.05, 0) is 45.4 Å². The molecule has 1 saturated carbocycles. The van der Waals surface area contributed by atoms with Crippen molar-refractivity contribution in [2.45, 2.75) is 58.5 Å². The maximum atomic E-state index is 4.32. The first-order chi connectivity index (χ1) is 7.66. The highest BCUT2D eigenvalue weighted by Crippen LogP contribution is 2.27. The van der Waals surface area contributed by atoms with Crippen LogP contribution in [-0.2, 0) is 0 Å². The molecule has 1 atom stereocenters. The Morgan fingerprint density at radius 3 is 2.62 bits per heavy atom. The van der Waals surface area contributed by atoms with E-state index in [2.05, 4.69) is 31.1 Å². The van der Waals surface area contributed by atoms with Crippen LogP contribution in [0.15, 0.2) is 5.51 Å². The van der Waals surface area contributed by atoms with E-state index in [9.17, 15) is 0 Å². The van der Waals surface area contributed by atoms with Gasteiger partial charge in [-0.1, -0.05) is 6.92 Å². The van der Waals surface area contributed by atoms with E-state index < -0.39 is 0 Å². The number of hydrogen-bond acceptors (Lipinski definition) is 3. The van der Waals surface area contributed by atoms with E-state index in [1.165, 1.54) is 36.3 Å². The second-order valence-corrected chi connectivity index (χ2v) is 6.03. The molecule has 0 aliphatic heterocycles. The molecule has 16 heavy (non-hydrogen) atoms. The van der Waals surface area contributed by atoms with E-state index in [4.69, 9.17) is 0 Å². The molecule has 1 aliphatic carbocycles. The number of hydrogen-bond donors (Lipinski definition) is 1. The average molecular weight is 238 g/mol. The van der Waals surface area contributed by atoms with Crippen molar-refractivity contribution < 1.29 is 0 Å². The fourth-order valence-electron chi connectivity index (χ4n) is 2.58. The molecule has 90 valence electrons. The van der Waals surface area contributed by atoms with Crippen LogP contribution in [0.3, 0.4) is 0 Å². The van der Waals surface area contributed by atoms with Crippen LogP contribution in [0.1, 0.15) is 56.1 Å². The topological polar surface area (TPSA) is 24.9 Å². The van der Waals surface area contributed by atoms with Crippen molar-refractivity contribution in [3.05, 3.63) is 16.1 Å². The van der Waals surface area contributed by atoms with Gasteiger partial charge < -0.3 is 5.32 Å². The highest BCUT2D eigenvalue weighted by molar-refractivity contribution is 7.09. The van der Waals surface area contributed by atoms with Crippen molar-refractivity contribution >= 4 is 11.3 Å². The summed E-state index contributed by atoms with van der Waals surface area (Å²) >= 11 is 1.77. The Balaban J connectivity index is 1.88. The first-order valence-electron chi connectivity index (χ1n) is 6.33. The van der Waals surface area contributed by atoms with Gasteiger partial charge >= 0.3 is 0 Å². The van der Waals surface area contributed by atoms with Crippen LogP contribution in [0.2, 0.25) is 0 Å². The lowest BCUT2D eigenvalue weighted by molar-refractivity contribution is 0.292. The molecule has 0 radical (unpaired) electrons. The van der Waals surface area contributed by atoms with Crippen molar-refractivity contribution in [3.63, 3.8) is 0 Å². The van der Waals surface area contributed by atoms with Gasteiger partial charge in [0.25, 0.3) is 0 Å². The fourth-order valence-corrected chi connectivity index (χ4v) is 3.40. The van der Waals surface area contributed by atoms with Gasteiger partial charge in [-0.3, -0.25) is 0 Å². The Morgan fingerprint density at radius 2 is 2.06 bits per heavy atom. The van der Waals surface area contributed by atoms with E-state index in [1.807, 2.05) is 5.51 Å². The summed E-state index contributed by atoms with van der Waals surface area (Å²) in [5.74, 6) is 0.929. The second-order valence-electron chi connectivity index (χ2n) is 5.15. The molecule has 3 heteroatoms. The molecule has 1 aromatic heterocycles. The van der Waals surface area contributed by atoms with E-state index in [1.54, 1.807) is 11.3 Å². The van der Waals surface area contributed by atoms with Gasteiger partial charge in [0.15, 0.2) is 0 Å². The van der Waals surface area contributed by atoms with Crippen LogP contribution in [0.5, 0.6) is 0 Å². The van der Waals surface area contributed by atoms with E-state index >= 15 is 0 Å². The van der Waals surface area contributed by atoms with Crippen LogP contribution in [0.25, 0.3) is 0 Å². The van der Waals surface area contributed by atoms with Crippen molar-refractivity contribution in [1.29, 1.82) is 0 Å². The Morgan fingerprint density at radius 1 is 1.38 bits per heavy atom. The second kappa shape index (κ2) is 5.28. The summed E-state index contributed by atoms with van der Waals surface area (Å²) < 4.78 is 0. The van der Waals surface area contributed by atoms with Gasteiger partial charge in [0.1, 0.15) is 0 Å². The summed E-state index contributed by atoms with van der Waals surface area (Å²) in [6.07, 6.45) is 5.44. The van der Waals surface area contributed by atoms with Gasteiger partial charge in [0.05, 0.1) is 11.2 Å². The largest absolute Gasteiger partial charge is 0.307 e. The van der Waals surface area contributed by atoms with Crippen molar-refractivity contribution in [2.75, 3.05) is 0 Å². The molecule has 0 saturated heterocycles. The standard InChI is InChI=1S/C13H22N2S/c1-9-4-6-12(7-5-9)15-11(3)13-10(2)14-8-16-13/h8-9,11-12,15H,4-7H2,1-3H3. The Hall–Kier alpha value is -0.410. The maximum absolute atomic E-state index is 4.32. The van der Waals surface area contributed by atoms with Crippen LogP contribution < -0.4 is 5.32 Å². The molecule has 0 spiro atoms. The van der Waals surface area contributed by atoms with Crippen molar-refractivity contribution in [2.24, 2.45) is 5.92 Å². The SMILES string of the molecule is Cc1ncsc1C(C)NC1CCC(C)CC1. The fraction of sp³-hybridized carbons (Fsp3) is 0.769. The van der Waals surface area contributed by atoms with Crippen LogP contribution in [-0.4, -0.2) is 11.0 Å². The molecule has 1 fully saturated rings. The first kappa shape index (κ1) is 12.1. The van der Waals surface area contributed by atoms with Gasteiger partial charge in [-0.2, -0.15) is 0 Å². The number of nitrogens with zero attached hydrogens (tertiary/aromatic N) is 1. The number of thiazole rings is 1. The quantitative estimate of drug-likeness (QED) is 0.869. The van der Waals surface area contributed by atoms with Gasteiger partial charge in [0, 0.05) is 17.0 Å². The van der Waals surface area contributed by atoms with Crippen LogP contribution in [0, 0.1) is 12.8 Å². The van der Waals surface area contributed by atoms with Gasteiger partial charge in [-0.15, -0.1) is 11.3 Å². The lowest BCUT2D eigenvalue weighted by atomic mass is 9.87. The molecular weight excluding hydrogens is 216 g/mol. The molecule has 0 aromatic carbocycles. The van der Waals surface area contributed by atoms with Gasteiger partial charge in [-0.25, -0.2) is 4.98 Å². The average Bonchev–Trinajstić information content (AvgIpc) is 2.68. The molecule has 2 nitrogen and oxygen atoms in total. The van der Waals surface area contributed by atoms with E-state index in [0.29, 0.717) is 12.1 Å².